The fraction of sp³-hybridized carbons (Fsp3) is 0.438. The van der Waals surface area contributed by atoms with E-state index in [4.69, 9.17) is 9.47 Å². The van der Waals surface area contributed by atoms with Crippen LogP contribution >= 0.6 is 0 Å². The second-order valence-corrected chi connectivity index (χ2v) is 5.05. The van der Waals surface area contributed by atoms with Gasteiger partial charge in [-0.05, 0) is 18.6 Å². The molecule has 0 aliphatic heterocycles. The molecule has 1 heterocycles. The van der Waals surface area contributed by atoms with E-state index in [2.05, 4.69) is 22.6 Å². The van der Waals surface area contributed by atoms with E-state index in [0.717, 1.165) is 12.8 Å². The number of para-hydroxylation sites is 2. The summed E-state index contributed by atoms with van der Waals surface area (Å²) in [6.07, 6.45) is 3.73. The second kappa shape index (κ2) is 8.77. The monoisotopic (exact) mass is 318 g/mol. The molecule has 7 heteroatoms. The van der Waals surface area contributed by atoms with E-state index in [1.165, 1.54) is 4.68 Å². The summed E-state index contributed by atoms with van der Waals surface area (Å²) in [6.45, 7) is 3.19. The number of carbonyl (C=O) groups is 1. The van der Waals surface area contributed by atoms with E-state index in [1.54, 1.807) is 13.3 Å². The quantitative estimate of drug-likeness (QED) is 0.713. The molecule has 1 aromatic heterocycles. The van der Waals surface area contributed by atoms with Gasteiger partial charge in [-0.3, -0.25) is 4.79 Å². The van der Waals surface area contributed by atoms with Crippen LogP contribution in [0.4, 0.5) is 0 Å². The molecular formula is C16H22N4O3. The van der Waals surface area contributed by atoms with Crippen molar-refractivity contribution in [3.8, 4) is 11.5 Å². The van der Waals surface area contributed by atoms with Crippen LogP contribution in [-0.2, 0) is 17.9 Å². The van der Waals surface area contributed by atoms with Gasteiger partial charge in [0.1, 0.15) is 18.8 Å². The lowest BCUT2D eigenvalue weighted by atomic mass is 10.3. The molecule has 124 valence electrons. The van der Waals surface area contributed by atoms with Gasteiger partial charge in [0.2, 0.25) is 5.91 Å². The topological polar surface area (TPSA) is 78.3 Å². The Kier molecular flexibility index (Phi) is 6.40. The number of carbonyl (C=O) groups excluding carboxylic acids is 1. The number of hydrogen-bond donors (Lipinski definition) is 1. The van der Waals surface area contributed by atoms with Crippen LogP contribution in [0, 0.1) is 0 Å². The zero-order valence-corrected chi connectivity index (χ0v) is 13.5. The number of aromatic nitrogens is 3. The lowest BCUT2D eigenvalue weighted by Crippen LogP contribution is -2.28. The van der Waals surface area contributed by atoms with E-state index in [-0.39, 0.29) is 19.1 Å². The summed E-state index contributed by atoms with van der Waals surface area (Å²) in [5, 5.41) is 10.8. The number of methoxy groups -OCH3 is 1. The summed E-state index contributed by atoms with van der Waals surface area (Å²) < 4.78 is 12.4. The van der Waals surface area contributed by atoms with Crippen molar-refractivity contribution >= 4 is 5.91 Å². The Morgan fingerprint density at radius 1 is 1.30 bits per heavy atom. The van der Waals surface area contributed by atoms with Gasteiger partial charge in [-0.2, -0.15) is 0 Å². The maximum absolute atomic E-state index is 11.7. The normalized spacial score (nSPS) is 10.3. The molecule has 23 heavy (non-hydrogen) atoms. The van der Waals surface area contributed by atoms with Crippen LogP contribution in [0.15, 0.2) is 30.5 Å². The Morgan fingerprint density at radius 2 is 2.09 bits per heavy atom. The van der Waals surface area contributed by atoms with Crippen molar-refractivity contribution in [1.29, 1.82) is 0 Å². The van der Waals surface area contributed by atoms with Crippen molar-refractivity contribution in [3.63, 3.8) is 0 Å². The van der Waals surface area contributed by atoms with Gasteiger partial charge in [-0.15, -0.1) is 5.10 Å². The molecule has 0 radical (unpaired) electrons. The fourth-order valence-corrected chi connectivity index (χ4v) is 1.98. The van der Waals surface area contributed by atoms with E-state index >= 15 is 0 Å². The molecule has 7 nitrogen and oxygen atoms in total. The van der Waals surface area contributed by atoms with Crippen molar-refractivity contribution in [2.45, 2.75) is 32.9 Å². The molecule has 1 aromatic carbocycles. The molecule has 2 rings (SSSR count). The summed E-state index contributed by atoms with van der Waals surface area (Å²) in [5.41, 5.74) is 0.650. The minimum atomic E-state index is -0.0689. The van der Waals surface area contributed by atoms with Crippen molar-refractivity contribution < 1.29 is 14.3 Å². The maximum atomic E-state index is 11.7. The summed E-state index contributed by atoms with van der Waals surface area (Å²) >= 11 is 0. The van der Waals surface area contributed by atoms with Crippen molar-refractivity contribution in [1.82, 2.24) is 20.3 Å². The Balaban J connectivity index is 1.84. The average molecular weight is 318 g/mol. The predicted octanol–water partition coefficient (Wildman–Crippen LogP) is 1.78. The zero-order chi connectivity index (χ0) is 16.5. The highest BCUT2D eigenvalue weighted by atomic mass is 16.5. The number of nitrogens with zero attached hydrogens (tertiary/aromatic N) is 3. The van der Waals surface area contributed by atoms with Gasteiger partial charge in [0.25, 0.3) is 0 Å². The number of unbranched alkanes of at least 4 members (excludes halogenated alkanes) is 1. The van der Waals surface area contributed by atoms with E-state index in [1.807, 2.05) is 24.3 Å². The molecule has 0 spiro atoms. The number of amides is 1. The van der Waals surface area contributed by atoms with Gasteiger partial charge in [-0.1, -0.05) is 30.7 Å². The van der Waals surface area contributed by atoms with Crippen LogP contribution < -0.4 is 14.8 Å². The molecule has 0 unspecified atom stereocenters. The van der Waals surface area contributed by atoms with Crippen LogP contribution in [0.25, 0.3) is 0 Å². The van der Waals surface area contributed by atoms with Crippen molar-refractivity contribution in [2.24, 2.45) is 0 Å². The molecule has 0 saturated carbocycles. The standard InChI is InChI=1S/C16H22N4O3/c1-3-4-9-17-16(21)11-20-10-13(18-19-20)12-23-15-8-6-5-7-14(15)22-2/h5-8,10H,3-4,9,11-12H2,1-2H3,(H,17,21). The Bertz CT molecular complexity index is 627. The summed E-state index contributed by atoms with van der Waals surface area (Å²) in [5.74, 6) is 1.23. The molecule has 0 aliphatic carbocycles. The zero-order valence-electron chi connectivity index (χ0n) is 13.5. The highest BCUT2D eigenvalue weighted by Gasteiger charge is 2.08. The van der Waals surface area contributed by atoms with Gasteiger partial charge in [0.05, 0.1) is 13.3 Å². The predicted molar refractivity (Wildman–Crippen MR) is 85.3 cm³/mol. The summed E-state index contributed by atoms with van der Waals surface area (Å²) in [6, 6.07) is 7.39. The fourth-order valence-electron chi connectivity index (χ4n) is 1.98. The molecule has 2 aromatic rings. The first-order chi connectivity index (χ1) is 11.2. The average Bonchev–Trinajstić information content (AvgIpc) is 3.00. The van der Waals surface area contributed by atoms with Gasteiger partial charge < -0.3 is 14.8 Å². The van der Waals surface area contributed by atoms with Gasteiger partial charge in [0.15, 0.2) is 11.5 Å². The van der Waals surface area contributed by atoms with Crippen LogP contribution in [-0.4, -0.2) is 34.6 Å². The van der Waals surface area contributed by atoms with Crippen molar-refractivity contribution in [3.05, 3.63) is 36.2 Å². The van der Waals surface area contributed by atoms with Gasteiger partial charge >= 0.3 is 0 Å². The minimum absolute atomic E-state index is 0.0689. The molecule has 1 N–H and O–H groups in total. The smallest absolute Gasteiger partial charge is 0.241 e. The highest BCUT2D eigenvalue weighted by molar-refractivity contribution is 5.75. The lowest BCUT2D eigenvalue weighted by Gasteiger charge is -2.08. The minimum Gasteiger partial charge on any atom is -0.493 e. The molecule has 0 bridgehead atoms. The number of benzene rings is 1. The summed E-state index contributed by atoms with van der Waals surface area (Å²) in [7, 11) is 1.59. The van der Waals surface area contributed by atoms with E-state index < -0.39 is 0 Å². The number of rotatable bonds is 9. The lowest BCUT2D eigenvalue weighted by molar-refractivity contribution is -0.121. The molecule has 0 fully saturated rings. The first-order valence-corrected chi connectivity index (χ1v) is 7.64. The maximum Gasteiger partial charge on any atom is 0.241 e. The third kappa shape index (κ3) is 5.28. The van der Waals surface area contributed by atoms with E-state index in [9.17, 15) is 4.79 Å². The van der Waals surface area contributed by atoms with Crippen molar-refractivity contribution in [2.75, 3.05) is 13.7 Å². The SMILES string of the molecule is CCCCNC(=O)Cn1cc(COc2ccccc2OC)nn1. The van der Waals surface area contributed by atoms with Crippen LogP contribution in [0.5, 0.6) is 11.5 Å². The Hall–Kier alpha value is -2.57. The Morgan fingerprint density at radius 3 is 2.83 bits per heavy atom. The molecular weight excluding hydrogens is 296 g/mol. The van der Waals surface area contributed by atoms with Crippen LogP contribution in [0.3, 0.4) is 0 Å². The first kappa shape index (κ1) is 16.8. The highest BCUT2D eigenvalue weighted by Crippen LogP contribution is 2.26. The largest absolute Gasteiger partial charge is 0.493 e. The molecule has 1 amide bonds. The molecule has 0 aliphatic rings. The molecule has 0 atom stereocenters. The number of hydrogen-bond acceptors (Lipinski definition) is 5. The van der Waals surface area contributed by atoms with E-state index in [0.29, 0.717) is 23.7 Å². The summed E-state index contributed by atoms with van der Waals surface area (Å²) in [4.78, 5) is 11.7. The number of ether oxygens (including phenoxy) is 2. The molecule has 0 saturated heterocycles. The number of nitrogens with one attached hydrogen (secondary N) is 1. The Labute approximate surface area is 135 Å². The van der Waals surface area contributed by atoms with Gasteiger partial charge in [0, 0.05) is 6.54 Å². The first-order valence-electron chi connectivity index (χ1n) is 7.64. The second-order valence-electron chi connectivity index (χ2n) is 5.05. The van der Waals surface area contributed by atoms with Crippen LogP contribution in [0.1, 0.15) is 25.5 Å². The van der Waals surface area contributed by atoms with Gasteiger partial charge in [-0.25, -0.2) is 4.68 Å². The third-order valence-corrected chi connectivity index (χ3v) is 3.19. The van der Waals surface area contributed by atoms with Crippen LogP contribution in [0.2, 0.25) is 0 Å². The third-order valence-electron chi connectivity index (χ3n) is 3.19.